The summed E-state index contributed by atoms with van der Waals surface area (Å²) in [5, 5.41) is 8.25. The van der Waals surface area contributed by atoms with Gasteiger partial charge in [0.15, 0.2) is 6.23 Å². The molecule has 1 unspecified atom stereocenters. The molecule has 8 heteroatoms. The van der Waals surface area contributed by atoms with Crippen molar-refractivity contribution in [3.8, 4) is 0 Å². The van der Waals surface area contributed by atoms with Crippen LogP contribution in [0.4, 0.5) is 13.2 Å². The lowest BCUT2D eigenvalue weighted by Gasteiger charge is -2.20. The fourth-order valence-corrected chi connectivity index (χ4v) is 3.29. The molecule has 4 rings (SSSR count). The number of rotatable bonds is 5. The Kier molecular flexibility index (Phi) is 5.15. The fourth-order valence-electron chi connectivity index (χ4n) is 3.29. The van der Waals surface area contributed by atoms with Crippen LogP contribution in [0.2, 0.25) is 0 Å². The topological polar surface area (TPSA) is 43.2 Å². The van der Waals surface area contributed by atoms with Gasteiger partial charge in [-0.1, -0.05) is 47.7 Å². The average Bonchev–Trinajstić information content (AvgIpc) is 3.31. The van der Waals surface area contributed by atoms with Gasteiger partial charge in [0.05, 0.1) is 24.9 Å². The molecule has 3 aromatic rings. The molecule has 1 atom stereocenters. The van der Waals surface area contributed by atoms with Crippen molar-refractivity contribution in [1.29, 1.82) is 0 Å². The van der Waals surface area contributed by atoms with Crippen LogP contribution >= 0.6 is 0 Å². The molecule has 1 aliphatic rings. The minimum atomic E-state index is -4.36. The van der Waals surface area contributed by atoms with E-state index < -0.39 is 11.7 Å². The lowest BCUT2D eigenvalue weighted by atomic mass is 10.1. The number of aromatic nitrogens is 3. The van der Waals surface area contributed by atoms with E-state index in [4.69, 9.17) is 4.74 Å². The highest BCUT2D eigenvalue weighted by atomic mass is 19.4. The second-order valence-corrected chi connectivity index (χ2v) is 6.72. The molecule has 146 valence electrons. The monoisotopic (exact) mass is 388 g/mol. The molecule has 1 fully saturated rings. The van der Waals surface area contributed by atoms with E-state index in [0.29, 0.717) is 17.9 Å². The number of benzene rings is 2. The molecule has 1 aromatic heterocycles. The molecule has 0 aliphatic carbocycles. The number of ether oxygens (including phenoxy) is 1. The zero-order chi connectivity index (χ0) is 19.6. The Labute approximate surface area is 160 Å². The number of nitrogens with zero attached hydrogens (tertiary/aromatic N) is 4. The molecule has 5 nitrogen and oxygen atoms in total. The number of alkyl halides is 3. The maximum absolute atomic E-state index is 12.9. The molecule has 1 saturated heterocycles. The molecule has 0 spiro atoms. The molecule has 0 amide bonds. The van der Waals surface area contributed by atoms with Crippen molar-refractivity contribution < 1.29 is 17.9 Å². The zero-order valence-electron chi connectivity index (χ0n) is 15.0. The van der Waals surface area contributed by atoms with Gasteiger partial charge in [-0.3, -0.25) is 4.90 Å². The molecule has 2 heterocycles. The van der Waals surface area contributed by atoms with Crippen molar-refractivity contribution in [1.82, 2.24) is 19.9 Å². The Morgan fingerprint density at radius 2 is 1.79 bits per heavy atom. The predicted molar refractivity (Wildman–Crippen MR) is 96.1 cm³/mol. The van der Waals surface area contributed by atoms with Crippen molar-refractivity contribution in [2.45, 2.75) is 25.5 Å². The SMILES string of the molecule is FC(F)(F)c1cccc(Cn2cc(C3OCCN3Cc3ccccc3)nn2)c1. The van der Waals surface area contributed by atoms with Crippen molar-refractivity contribution in [2.75, 3.05) is 13.2 Å². The minimum Gasteiger partial charge on any atom is -0.356 e. The summed E-state index contributed by atoms with van der Waals surface area (Å²) in [6, 6.07) is 15.3. The van der Waals surface area contributed by atoms with E-state index in [0.717, 1.165) is 25.2 Å². The lowest BCUT2D eigenvalue weighted by Crippen LogP contribution is -2.23. The van der Waals surface area contributed by atoms with Gasteiger partial charge in [-0.05, 0) is 23.3 Å². The molecule has 0 radical (unpaired) electrons. The van der Waals surface area contributed by atoms with Gasteiger partial charge in [0.25, 0.3) is 0 Å². The Morgan fingerprint density at radius 3 is 2.57 bits per heavy atom. The first-order valence-electron chi connectivity index (χ1n) is 8.95. The highest BCUT2D eigenvalue weighted by Crippen LogP contribution is 2.30. The second kappa shape index (κ2) is 7.73. The standard InChI is InChI=1S/C20H19F3N4O/c21-20(22,23)17-8-4-7-16(11-17)13-27-14-18(24-25-27)19-26(9-10-28-19)12-15-5-2-1-3-6-15/h1-8,11,14,19H,9-10,12-13H2. The van der Waals surface area contributed by atoms with Gasteiger partial charge < -0.3 is 4.74 Å². The summed E-state index contributed by atoms with van der Waals surface area (Å²) in [5.74, 6) is 0. The second-order valence-electron chi connectivity index (χ2n) is 6.72. The van der Waals surface area contributed by atoms with Crippen LogP contribution in [0, 0.1) is 0 Å². The van der Waals surface area contributed by atoms with Gasteiger partial charge >= 0.3 is 6.18 Å². The van der Waals surface area contributed by atoms with E-state index in [-0.39, 0.29) is 12.8 Å². The Hall–Kier alpha value is -2.71. The summed E-state index contributed by atoms with van der Waals surface area (Å²) >= 11 is 0. The van der Waals surface area contributed by atoms with Gasteiger partial charge in [0.1, 0.15) is 5.69 Å². The molecule has 0 saturated carbocycles. The van der Waals surface area contributed by atoms with Crippen molar-refractivity contribution in [3.63, 3.8) is 0 Å². The summed E-state index contributed by atoms with van der Waals surface area (Å²) in [6.45, 7) is 2.31. The molecule has 2 aromatic carbocycles. The maximum atomic E-state index is 12.9. The third kappa shape index (κ3) is 4.23. The fraction of sp³-hybridized carbons (Fsp3) is 0.300. The molecule has 1 aliphatic heterocycles. The zero-order valence-corrected chi connectivity index (χ0v) is 15.0. The highest BCUT2D eigenvalue weighted by Gasteiger charge is 2.31. The Bertz CT molecular complexity index is 926. The van der Waals surface area contributed by atoms with Gasteiger partial charge in [-0.25, -0.2) is 4.68 Å². The van der Waals surface area contributed by atoms with Gasteiger partial charge in [-0.15, -0.1) is 5.10 Å². The van der Waals surface area contributed by atoms with E-state index in [2.05, 4.69) is 27.3 Å². The van der Waals surface area contributed by atoms with E-state index in [9.17, 15) is 13.2 Å². The van der Waals surface area contributed by atoms with Crippen molar-refractivity contribution in [2.24, 2.45) is 0 Å². The number of hydrogen-bond donors (Lipinski definition) is 0. The van der Waals surface area contributed by atoms with E-state index in [1.165, 1.54) is 16.3 Å². The van der Waals surface area contributed by atoms with Crippen LogP contribution < -0.4 is 0 Å². The summed E-state index contributed by atoms with van der Waals surface area (Å²) in [5.41, 5.74) is 1.67. The molecule has 0 N–H and O–H groups in total. The number of hydrogen-bond acceptors (Lipinski definition) is 4. The Balaban J connectivity index is 1.47. The normalized spacial score (nSPS) is 17.9. The number of halogens is 3. The van der Waals surface area contributed by atoms with E-state index in [1.54, 1.807) is 12.3 Å². The van der Waals surface area contributed by atoms with Gasteiger partial charge in [0.2, 0.25) is 0 Å². The van der Waals surface area contributed by atoms with Gasteiger partial charge in [0, 0.05) is 13.1 Å². The molecule has 0 bridgehead atoms. The van der Waals surface area contributed by atoms with Crippen LogP contribution in [0.3, 0.4) is 0 Å². The van der Waals surface area contributed by atoms with E-state index >= 15 is 0 Å². The maximum Gasteiger partial charge on any atom is 0.416 e. The van der Waals surface area contributed by atoms with Crippen LogP contribution in [-0.4, -0.2) is 33.0 Å². The summed E-state index contributed by atoms with van der Waals surface area (Å²) in [4.78, 5) is 2.16. The third-order valence-electron chi connectivity index (χ3n) is 4.62. The van der Waals surface area contributed by atoms with Crippen LogP contribution in [-0.2, 0) is 24.0 Å². The quantitative estimate of drug-likeness (QED) is 0.666. The lowest BCUT2D eigenvalue weighted by molar-refractivity contribution is -0.137. The van der Waals surface area contributed by atoms with Crippen molar-refractivity contribution >= 4 is 0 Å². The van der Waals surface area contributed by atoms with Crippen molar-refractivity contribution in [3.05, 3.63) is 83.2 Å². The van der Waals surface area contributed by atoms with Crippen LogP contribution in [0.15, 0.2) is 60.8 Å². The summed E-state index contributed by atoms with van der Waals surface area (Å²) in [7, 11) is 0. The predicted octanol–water partition coefficient (Wildman–Crippen LogP) is 3.88. The third-order valence-corrected chi connectivity index (χ3v) is 4.62. The summed E-state index contributed by atoms with van der Waals surface area (Å²) < 4.78 is 46.0. The molecular formula is C20H19F3N4O. The van der Waals surface area contributed by atoms with Crippen LogP contribution in [0.25, 0.3) is 0 Å². The highest BCUT2D eigenvalue weighted by molar-refractivity contribution is 5.26. The molecular weight excluding hydrogens is 369 g/mol. The van der Waals surface area contributed by atoms with Gasteiger partial charge in [-0.2, -0.15) is 13.2 Å². The Morgan fingerprint density at radius 1 is 1.00 bits per heavy atom. The molecule has 28 heavy (non-hydrogen) atoms. The van der Waals surface area contributed by atoms with E-state index in [1.807, 2.05) is 18.2 Å². The smallest absolute Gasteiger partial charge is 0.356 e. The average molecular weight is 388 g/mol. The largest absolute Gasteiger partial charge is 0.416 e. The first kappa shape index (κ1) is 18.6. The minimum absolute atomic E-state index is 0.211. The first-order chi connectivity index (χ1) is 13.5. The summed E-state index contributed by atoms with van der Waals surface area (Å²) in [6.07, 6.45) is -2.94. The van der Waals surface area contributed by atoms with Crippen LogP contribution in [0.5, 0.6) is 0 Å². The first-order valence-corrected chi connectivity index (χ1v) is 8.95. The van der Waals surface area contributed by atoms with Crippen LogP contribution in [0.1, 0.15) is 28.6 Å².